The summed E-state index contributed by atoms with van der Waals surface area (Å²) in [6.07, 6.45) is 0.451. The predicted molar refractivity (Wildman–Crippen MR) is 51.6 cm³/mol. The van der Waals surface area contributed by atoms with Gasteiger partial charge in [0.1, 0.15) is 0 Å². The molecule has 8 nitrogen and oxygen atoms in total. The minimum atomic E-state index is -4.57. The normalized spacial score (nSPS) is 28.4. The molecule has 0 saturated carbocycles. The predicted octanol–water partition coefficient (Wildman–Crippen LogP) is -1.40. The summed E-state index contributed by atoms with van der Waals surface area (Å²) in [4.78, 5) is 11.5. The van der Waals surface area contributed by atoms with Crippen molar-refractivity contribution >= 4 is 24.8 Å². The van der Waals surface area contributed by atoms with Gasteiger partial charge >= 0.3 is 18.9 Å². The van der Waals surface area contributed by atoms with Crippen molar-refractivity contribution in [1.29, 1.82) is 0 Å². The fourth-order valence-corrected chi connectivity index (χ4v) is 2.56. The number of rotatable bonds is 3. The summed E-state index contributed by atoms with van der Waals surface area (Å²) in [5.74, 6) is -0.806. The zero-order chi connectivity index (χ0) is 11.7. The van der Waals surface area contributed by atoms with Gasteiger partial charge in [0.05, 0.1) is 6.54 Å². The monoisotopic (exact) mass is 256 g/mol. The molecule has 0 aromatic rings. The maximum absolute atomic E-state index is 11.5. The van der Waals surface area contributed by atoms with E-state index in [0.717, 1.165) is 4.67 Å². The Morgan fingerprint density at radius 2 is 2.20 bits per heavy atom. The van der Waals surface area contributed by atoms with Crippen LogP contribution in [-0.2, 0) is 19.7 Å². The van der Waals surface area contributed by atoms with Crippen molar-refractivity contribution in [3.8, 4) is 0 Å². The molecule has 1 rings (SSSR count). The van der Waals surface area contributed by atoms with Crippen LogP contribution in [0.15, 0.2) is 0 Å². The molecule has 1 aliphatic heterocycles. The maximum Gasteiger partial charge on any atom is 0.451 e. The molecule has 1 fully saturated rings. The first kappa shape index (κ1) is 12.5. The van der Waals surface area contributed by atoms with E-state index in [1.54, 1.807) is 4.72 Å². The minimum Gasteiger partial charge on any atom is -0.304 e. The van der Waals surface area contributed by atoms with Gasteiger partial charge in [0, 0.05) is 0 Å². The smallest absolute Gasteiger partial charge is 0.304 e. The van der Waals surface area contributed by atoms with Gasteiger partial charge in [-0.3, -0.25) is 9.35 Å². The molecule has 2 atom stereocenters. The molecule has 0 aliphatic carbocycles. The molecule has 1 saturated heterocycles. The third kappa shape index (κ3) is 2.93. The quantitative estimate of drug-likeness (QED) is 0.323. The SMILES string of the molecule is NC1(NS(=O)(=O)O)CCCN([PH+]=O)C1=O. The van der Waals surface area contributed by atoms with Gasteiger partial charge < -0.3 is 5.73 Å². The highest BCUT2D eigenvalue weighted by molar-refractivity contribution is 7.83. The Morgan fingerprint density at radius 3 is 2.67 bits per heavy atom. The zero-order valence-electron chi connectivity index (χ0n) is 7.63. The molecule has 10 heteroatoms. The number of amides is 1. The van der Waals surface area contributed by atoms with Crippen molar-refractivity contribution in [2.75, 3.05) is 6.54 Å². The van der Waals surface area contributed by atoms with Crippen molar-refractivity contribution in [3.05, 3.63) is 0 Å². The minimum absolute atomic E-state index is 0.0482. The van der Waals surface area contributed by atoms with Crippen molar-refractivity contribution in [2.24, 2.45) is 5.73 Å². The standard InChI is InChI=1S/C5H10N3O5PS/c6-5(7-15(11,12)13)2-1-3-8(14-10)4(5)9/h7H,1-3,6H2,(H,11,12,13)/p+1. The third-order valence-electron chi connectivity index (χ3n) is 2.00. The first-order valence-electron chi connectivity index (χ1n) is 4.03. The Bertz CT molecular complexity index is 384. The Hall–Kier alpha value is -0.600. The third-order valence-corrected chi connectivity index (χ3v) is 3.27. The van der Waals surface area contributed by atoms with Crippen LogP contribution in [0.3, 0.4) is 0 Å². The van der Waals surface area contributed by atoms with Crippen LogP contribution in [0.4, 0.5) is 0 Å². The van der Waals surface area contributed by atoms with Gasteiger partial charge in [-0.2, -0.15) is 13.1 Å². The van der Waals surface area contributed by atoms with E-state index < -0.39 is 30.5 Å². The topological polar surface area (TPSA) is 130 Å². The molecule has 86 valence electrons. The number of nitrogens with two attached hydrogens (primary N) is 1. The van der Waals surface area contributed by atoms with E-state index in [9.17, 15) is 17.8 Å². The molecule has 4 N–H and O–H groups in total. The second kappa shape index (κ2) is 4.11. The highest BCUT2D eigenvalue weighted by atomic mass is 32.2. The van der Waals surface area contributed by atoms with Gasteiger partial charge in [0.2, 0.25) is 0 Å². The van der Waals surface area contributed by atoms with Gasteiger partial charge in [-0.05, 0) is 17.4 Å². The first-order chi connectivity index (χ1) is 6.78. The van der Waals surface area contributed by atoms with Crippen molar-refractivity contribution < 1.29 is 22.3 Å². The van der Waals surface area contributed by atoms with Gasteiger partial charge in [-0.25, -0.2) is 0 Å². The van der Waals surface area contributed by atoms with E-state index in [4.69, 9.17) is 10.3 Å². The van der Waals surface area contributed by atoms with Crippen LogP contribution in [0.2, 0.25) is 0 Å². The highest BCUT2D eigenvalue weighted by Crippen LogP contribution is 2.23. The molecule has 0 bridgehead atoms. The van der Waals surface area contributed by atoms with E-state index in [0.29, 0.717) is 6.42 Å². The Labute approximate surface area is 87.9 Å². The molecule has 15 heavy (non-hydrogen) atoms. The van der Waals surface area contributed by atoms with Gasteiger partial charge in [-0.15, -0.1) is 4.67 Å². The Balaban J connectivity index is 2.92. The Kier molecular flexibility index (Phi) is 3.41. The lowest BCUT2D eigenvalue weighted by molar-refractivity contribution is -0.135. The summed E-state index contributed by atoms with van der Waals surface area (Å²) in [5, 5.41) is 0. The number of carbonyl (C=O) groups is 1. The highest BCUT2D eigenvalue weighted by Gasteiger charge is 2.46. The van der Waals surface area contributed by atoms with Gasteiger partial charge in [0.15, 0.2) is 5.66 Å². The van der Waals surface area contributed by atoms with Crippen LogP contribution in [0.25, 0.3) is 0 Å². The van der Waals surface area contributed by atoms with Crippen LogP contribution in [0.5, 0.6) is 0 Å². The molecule has 0 spiro atoms. The zero-order valence-corrected chi connectivity index (χ0v) is 9.45. The number of hydrogen-bond acceptors (Lipinski definition) is 5. The van der Waals surface area contributed by atoms with Crippen LogP contribution in [-0.4, -0.2) is 35.8 Å². The van der Waals surface area contributed by atoms with E-state index in [1.165, 1.54) is 0 Å². The number of nitrogens with one attached hydrogen (secondary N) is 1. The Morgan fingerprint density at radius 1 is 1.60 bits per heavy atom. The molecule has 0 radical (unpaired) electrons. The van der Waals surface area contributed by atoms with Crippen molar-refractivity contribution in [2.45, 2.75) is 18.5 Å². The van der Waals surface area contributed by atoms with Gasteiger partial charge in [0.25, 0.3) is 5.91 Å². The summed E-state index contributed by atoms with van der Waals surface area (Å²) in [7, 11) is -5.59. The molecule has 1 aliphatic rings. The molecule has 1 amide bonds. The number of nitrogens with zero attached hydrogens (tertiary/aromatic N) is 1. The van der Waals surface area contributed by atoms with E-state index in [1.807, 2.05) is 0 Å². The maximum atomic E-state index is 11.5. The van der Waals surface area contributed by atoms with Gasteiger partial charge in [-0.1, -0.05) is 0 Å². The number of hydrogen-bond donors (Lipinski definition) is 3. The van der Waals surface area contributed by atoms with E-state index in [-0.39, 0.29) is 13.0 Å². The lowest BCUT2D eigenvalue weighted by Crippen LogP contribution is -2.66. The molecule has 1 heterocycles. The van der Waals surface area contributed by atoms with Crippen molar-refractivity contribution in [3.63, 3.8) is 0 Å². The average Bonchev–Trinajstić information content (AvgIpc) is 2.07. The molecular weight excluding hydrogens is 245 g/mol. The molecular formula is C5H11N3O5PS+. The van der Waals surface area contributed by atoms with E-state index >= 15 is 0 Å². The summed E-state index contributed by atoms with van der Waals surface area (Å²) >= 11 is 0. The summed E-state index contributed by atoms with van der Waals surface area (Å²) in [6.45, 7) is 0.257. The number of carbonyl (C=O) groups excluding carboxylic acids is 1. The summed E-state index contributed by atoms with van der Waals surface area (Å²) in [6, 6.07) is 0. The fourth-order valence-electron chi connectivity index (χ4n) is 1.38. The van der Waals surface area contributed by atoms with E-state index in [2.05, 4.69) is 0 Å². The number of piperidine rings is 1. The lowest BCUT2D eigenvalue weighted by atomic mass is 10.0. The second-order valence-corrected chi connectivity index (χ2v) is 5.08. The molecule has 0 aromatic heterocycles. The summed E-state index contributed by atoms with van der Waals surface area (Å²) < 4.78 is 42.8. The lowest BCUT2D eigenvalue weighted by Gasteiger charge is -2.32. The molecule has 2 unspecified atom stereocenters. The second-order valence-electron chi connectivity index (χ2n) is 3.20. The van der Waals surface area contributed by atoms with Crippen LogP contribution in [0.1, 0.15) is 12.8 Å². The summed E-state index contributed by atoms with van der Waals surface area (Å²) in [5.41, 5.74) is 3.58. The van der Waals surface area contributed by atoms with Crippen molar-refractivity contribution in [1.82, 2.24) is 9.39 Å². The fraction of sp³-hybridized carbons (Fsp3) is 0.800. The van der Waals surface area contributed by atoms with Crippen LogP contribution >= 0.6 is 8.61 Å². The average molecular weight is 256 g/mol. The molecule has 0 aromatic carbocycles. The first-order valence-corrected chi connectivity index (χ1v) is 6.33. The van der Waals surface area contributed by atoms with Crippen LogP contribution < -0.4 is 10.5 Å². The largest absolute Gasteiger partial charge is 0.451 e. The van der Waals surface area contributed by atoms with Crippen LogP contribution in [0, 0.1) is 0 Å².